The Balaban J connectivity index is 1.97. The highest BCUT2D eigenvalue weighted by molar-refractivity contribution is 7.99. The van der Waals surface area contributed by atoms with Crippen molar-refractivity contribution >= 4 is 11.8 Å². The van der Waals surface area contributed by atoms with Crippen LogP contribution in [0.1, 0.15) is 38.2 Å². The molecule has 0 spiro atoms. The quantitative estimate of drug-likeness (QED) is 0.776. The Morgan fingerprint density at radius 1 is 1.41 bits per heavy atom. The zero-order chi connectivity index (χ0) is 12.3. The molecule has 17 heavy (non-hydrogen) atoms. The van der Waals surface area contributed by atoms with Crippen molar-refractivity contribution in [1.82, 2.24) is 4.90 Å². The van der Waals surface area contributed by atoms with E-state index in [4.69, 9.17) is 0 Å². The number of rotatable bonds is 5. The van der Waals surface area contributed by atoms with Gasteiger partial charge in [-0.2, -0.15) is 0 Å². The summed E-state index contributed by atoms with van der Waals surface area (Å²) in [4.78, 5) is 4.02. The Labute approximate surface area is 110 Å². The van der Waals surface area contributed by atoms with Crippen molar-refractivity contribution in [2.45, 2.75) is 43.5 Å². The predicted octanol–water partition coefficient (Wildman–Crippen LogP) is 4.00. The number of hydrogen-bond acceptors (Lipinski definition) is 2. The minimum Gasteiger partial charge on any atom is -0.303 e. The summed E-state index contributed by atoms with van der Waals surface area (Å²) in [5.74, 6) is 1.98. The molecule has 1 aliphatic heterocycles. The molecule has 1 aromatic carbocycles. The second-order valence-corrected chi connectivity index (χ2v) is 6.18. The van der Waals surface area contributed by atoms with E-state index < -0.39 is 0 Å². The van der Waals surface area contributed by atoms with Crippen molar-refractivity contribution < 1.29 is 0 Å². The molecular weight excluding hydrogens is 226 g/mol. The second kappa shape index (κ2) is 5.92. The molecule has 1 nitrogen and oxygen atoms in total. The average molecular weight is 249 g/mol. The molecule has 0 radical (unpaired) electrons. The Bertz CT molecular complexity index is 364. The second-order valence-electron chi connectivity index (χ2n) is 5.12. The number of fused-ring (bicyclic) bond motifs is 1. The van der Waals surface area contributed by atoms with Gasteiger partial charge in [-0.15, -0.1) is 11.8 Å². The van der Waals surface area contributed by atoms with Crippen LogP contribution in [0.4, 0.5) is 0 Å². The van der Waals surface area contributed by atoms with E-state index in [1.807, 2.05) is 11.8 Å². The predicted molar refractivity (Wildman–Crippen MR) is 76.9 cm³/mol. The third-order valence-corrected chi connectivity index (χ3v) is 5.02. The van der Waals surface area contributed by atoms with Crippen molar-refractivity contribution in [1.29, 1.82) is 0 Å². The fraction of sp³-hybridized carbons (Fsp3) is 0.600. The highest BCUT2D eigenvalue weighted by Crippen LogP contribution is 2.39. The summed E-state index contributed by atoms with van der Waals surface area (Å²) < 4.78 is 0. The van der Waals surface area contributed by atoms with Crippen LogP contribution >= 0.6 is 11.8 Å². The lowest BCUT2D eigenvalue weighted by atomic mass is 10.00. The molecule has 0 aliphatic carbocycles. The molecule has 94 valence electrons. The average Bonchev–Trinajstić information content (AvgIpc) is 2.73. The normalized spacial score (nSPS) is 20.6. The molecule has 0 saturated heterocycles. The van der Waals surface area contributed by atoms with E-state index in [-0.39, 0.29) is 0 Å². The highest BCUT2D eigenvalue weighted by atomic mass is 32.2. The SMILES string of the molecule is CCCC(C)N(C)CC1CSc2ccccc21. The van der Waals surface area contributed by atoms with Gasteiger partial charge in [-0.05, 0) is 32.0 Å². The van der Waals surface area contributed by atoms with Crippen molar-refractivity contribution in [3.8, 4) is 0 Å². The van der Waals surface area contributed by atoms with Gasteiger partial charge < -0.3 is 4.90 Å². The summed E-state index contributed by atoms with van der Waals surface area (Å²) >= 11 is 2.02. The summed E-state index contributed by atoms with van der Waals surface area (Å²) in [5, 5.41) is 0. The number of nitrogens with zero attached hydrogens (tertiary/aromatic N) is 1. The molecule has 0 N–H and O–H groups in total. The zero-order valence-corrected chi connectivity index (χ0v) is 12.0. The molecule has 2 rings (SSSR count). The molecule has 0 amide bonds. The molecular formula is C15H23NS. The van der Waals surface area contributed by atoms with Gasteiger partial charge in [0.25, 0.3) is 0 Å². The van der Waals surface area contributed by atoms with Crippen LogP contribution in [0.2, 0.25) is 0 Å². The van der Waals surface area contributed by atoms with Gasteiger partial charge in [-0.1, -0.05) is 31.5 Å². The van der Waals surface area contributed by atoms with E-state index in [0.29, 0.717) is 6.04 Å². The molecule has 2 heteroatoms. The van der Waals surface area contributed by atoms with Crippen LogP contribution in [0.15, 0.2) is 29.2 Å². The molecule has 1 aromatic rings. The number of likely N-dealkylation sites (N-methyl/N-ethyl adjacent to an activating group) is 1. The van der Waals surface area contributed by atoms with Gasteiger partial charge in [-0.3, -0.25) is 0 Å². The maximum absolute atomic E-state index is 2.52. The first kappa shape index (κ1) is 13.0. The van der Waals surface area contributed by atoms with Gasteiger partial charge in [0, 0.05) is 29.2 Å². The maximum Gasteiger partial charge on any atom is 0.0108 e. The first-order valence-electron chi connectivity index (χ1n) is 6.64. The van der Waals surface area contributed by atoms with E-state index in [1.165, 1.54) is 30.0 Å². The Hall–Kier alpha value is -0.470. The van der Waals surface area contributed by atoms with Crippen LogP contribution in [0, 0.1) is 0 Å². The van der Waals surface area contributed by atoms with E-state index in [9.17, 15) is 0 Å². The molecule has 0 bridgehead atoms. The van der Waals surface area contributed by atoms with Crippen molar-refractivity contribution in [2.75, 3.05) is 19.3 Å². The van der Waals surface area contributed by atoms with Crippen LogP contribution in [-0.4, -0.2) is 30.3 Å². The van der Waals surface area contributed by atoms with Gasteiger partial charge in [0.05, 0.1) is 0 Å². The van der Waals surface area contributed by atoms with E-state index in [2.05, 4.69) is 50.1 Å². The third kappa shape index (κ3) is 3.05. The maximum atomic E-state index is 2.52. The first-order chi connectivity index (χ1) is 8.22. The van der Waals surface area contributed by atoms with Crippen molar-refractivity contribution in [3.63, 3.8) is 0 Å². The fourth-order valence-electron chi connectivity index (χ4n) is 2.55. The van der Waals surface area contributed by atoms with Gasteiger partial charge in [0.2, 0.25) is 0 Å². The topological polar surface area (TPSA) is 3.24 Å². The van der Waals surface area contributed by atoms with E-state index >= 15 is 0 Å². The van der Waals surface area contributed by atoms with Crippen LogP contribution in [0.25, 0.3) is 0 Å². The van der Waals surface area contributed by atoms with Gasteiger partial charge in [0.15, 0.2) is 0 Å². The molecule has 0 fully saturated rings. The van der Waals surface area contributed by atoms with Crippen LogP contribution in [-0.2, 0) is 0 Å². The minimum absolute atomic E-state index is 0.706. The van der Waals surface area contributed by atoms with Crippen LogP contribution in [0.3, 0.4) is 0 Å². The first-order valence-corrected chi connectivity index (χ1v) is 7.63. The Morgan fingerprint density at radius 3 is 2.94 bits per heavy atom. The zero-order valence-electron chi connectivity index (χ0n) is 11.1. The molecule has 2 unspecified atom stereocenters. The van der Waals surface area contributed by atoms with Crippen LogP contribution in [0.5, 0.6) is 0 Å². The summed E-state index contributed by atoms with van der Waals surface area (Å²) in [6.07, 6.45) is 2.58. The Morgan fingerprint density at radius 2 is 2.18 bits per heavy atom. The summed E-state index contributed by atoms with van der Waals surface area (Å²) in [7, 11) is 2.27. The molecule has 0 saturated carbocycles. The standard InChI is InChI=1S/C15H23NS/c1-4-7-12(2)16(3)10-13-11-17-15-9-6-5-8-14(13)15/h5-6,8-9,12-13H,4,7,10-11H2,1-3H3. The highest BCUT2D eigenvalue weighted by Gasteiger charge is 2.24. The van der Waals surface area contributed by atoms with Crippen LogP contribution < -0.4 is 0 Å². The van der Waals surface area contributed by atoms with Crippen molar-refractivity contribution in [2.24, 2.45) is 0 Å². The number of benzene rings is 1. The third-order valence-electron chi connectivity index (χ3n) is 3.77. The lowest BCUT2D eigenvalue weighted by Gasteiger charge is -2.27. The van der Waals surface area contributed by atoms with E-state index in [1.54, 1.807) is 5.56 Å². The van der Waals surface area contributed by atoms with Gasteiger partial charge >= 0.3 is 0 Å². The van der Waals surface area contributed by atoms with Gasteiger partial charge in [-0.25, -0.2) is 0 Å². The molecule has 2 atom stereocenters. The lowest BCUT2D eigenvalue weighted by molar-refractivity contribution is 0.235. The molecule has 0 aromatic heterocycles. The molecule has 1 heterocycles. The Kier molecular flexibility index (Phi) is 4.52. The van der Waals surface area contributed by atoms with Crippen molar-refractivity contribution in [3.05, 3.63) is 29.8 Å². The van der Waals surface area contributed by atoms with Gasteiger partial charge in [0.1, 0.15) is 0 Å². The summed E-state index contributed by atoms with van der Waals surface area (Å²) in [5.41, 5.74) is 1.56. The fourth-order valence-corrected chi connectivity index (χ4v) is 3.79. The number of hydrogen-bond donors (Lipinski definition) is 0. The summed E-state index contributed by atoms with van der Waals surface area (Å²) in [6.45, 7) is 5.81. The smallest absolute Gasteiger partial charge is 0.0108 e. The largest absolute Gasteiger partial charge is 0.303 e. The monoisotopic (exact) mass is 249 g/mol. The molecule has 1 aliphatic rings. The minimum atomic E-state index is 0.706. The lowest BCUT2D eigenvalue weighted by Crippen LogP contribution is -2.32. The van der Waals surface area contributed by atoms with E-state index in [0.717, 1.165) is 5.92 Å². The number of thioether (sulfide) groups is 1. The summed E-state index contributed by atoms with van der Waals surface area (Å²) in [6, 6.07) is 9.59.